The van der Waals surface area contributed by atoms with E-state index >= 15 is 0 Å². The summed E-state index contributed by atoms with van der Waals surface area (Å²) >= 11 is 0. The molecule has 4 rings (SSSR count). The number of ether oxygens (including phenoxy) is 1. The molecule has 2 aromatic rings. The highest BCUT2D eigenvalue weighted by Crippen LogP contribution is 2.33. The van der Waals surface area contributed by atoms with Crippen molar-refractivity contribution in [2.75, 3.05) is 44.3 Å². The maximum Gasteiger partial charge on any atom is 0.255 e. The number of hydrogen-bond acceptors (Lipinski definition) is 7. The minimum absolute atomic E-state index is 0.0190. The standard InChI is InChI=1S/C22H28N6O3/c1-15(2)25-20(29)18-14-28(21(30)16-4-3-6-23-12-16)13-17(18)19-5-7-24-22(26-19)27-8-10-31-11-9-27/h3-7,12,15,17-18H,8-11,13-14H2,1-2H3,(H,25,29)/t17-,18-/m0/s1. The van der Waals surface area contributed by atoms with Crippen molar-refractivity contribution in [3.05, 3.63) is 48.0 Å². The van der Waals surface area contributed by atoms with Crippen molar-refractivity contribution >= 4 is 17.8 Å². The van der Waals surface area contributed by atoms with Crippen LogP contribution in [0.5, 0.6) is 0 Å². The maximum atomic E-state index is 13.0. The number of nitrogens with zero attached hydrogens (tertiary/aromatic N) is 5. The highest BCUT2D eigenvalue weighted by molar-refractivity contribution is 5.95. The van der Waals surface area contributed by atoms with Gasteiger partial charge in [-0.15, -0.1) is 0 Å². The Labute approximate surface area is 181 Å². The molecule has 0 aromatic carbocycles. The van der Waals surface area contributed by atoms with Gasteiger partial charge in [0, 0.05) is 56.7 Å². The van der Waals surface area contributed by atoms with E-state index in [0.717, 1.165) is 18.8 Å². The lowest BCUT2D eigenvalue weighted by molar-refractivity contribution is -0.125. The Bertz CT molecular complexity index is 916. The number of nitrogens with one attached hydrogen (secondary N) is 1. The normalized spacial score (nSPS) is 21.4. The van der Waals surface area contributed by atoms with Crippen molar-refractivity contribution in [1.29, 1.82) is 0 Å². The number of carbonyl (C=O) groups excluding carboxylic acids is 2. The van der Waals surface area contributed by atoms with E-state index in [2.05, 4.69) is 20.2 Å². The second kappa shape index (κ2) is 9.38. The average molecular weight is 425 g/mol. The molecule has 0 bridgehead atoms. The summed E-state index contributed by atoms with van der Waals surface area (Å²) in [7, 11) is 0. The van der Waals surface area contributed by atoms with Crippen LogP contribution in [0, 0.1) is 5.92 Å². The van der Waals surface area contributed by atoms with Crippen LogP contribution in [-0.2, 0) is 9.53 Å². The van der Waals surface area contributed by atoms with Crippen molar-refractivity contribution in [3.8, 4) is 0 Å². The number of rotatable bonds is 5. The van der Waals surface area contributed by atoms with E-state index < -0.39 is 0 Å². The first kappa shape index (κ1) is 21.2. The van der Waals surface area contributed by atoms with Crippen LogP contribution in [0.4, 0.5) is 5.95 Å². The van der Waals surface area contributed by atoms with Gasteiger partial charge < -0.3 is 19.9 Å². The van der Waals surface area contributed by atoms with Crippen LogP contribution >= 0.6 is 0 Å². The third-order valence-electron chi connectivity index (χ3n) is 5.62. The third kappa shape index (κ3) is 4.82. The highest BCUT2D eigenvalue weighted by Gasteiger charge is 2.41. The van der Waals surface area contributed by atoms with E-state index in [4.69, 9.17) is 9.72 Å². The molecule has 2 fully saturated rings. The van der Waals surface area contributed by atoms with Crippen molar-refractivity contribution in [1.82, 2.24) is 25.2 Å². The largest absolute Gasteiger partial charge is 0.378 e. The van der Waals surface area contributed by atoms with Crippen LogP contribution in [-0.4, -0.2) is 77.1 Å². The quantitative estimate of drug-likeness (QED) is 0.767. The Morgan fingerprint density at radius 1 is 1.16 bits per heavy atom. The number of hydrogen-bond donors (Lipinski definition) is 1. The van der Waals surface area contributed by atoms with Gasteiger partial charge in [-0.2, -0.15) is 0 Å². The van der Waals surface area contributed by atoms with Gasteiger partial charge in [0.15, 0.2) is 0 Å². The van der Waals surface area contributed by atoms with Crippen LogP contribution < -0.4 is 10.2 Å². The first-order chi connectivity index (χ1) is 15.0. The summed E-state index contributed by atoms with van der Waals surface area (Å²) in [5, 5.41) is 3.00. The van der Waals surface area contributed by atoms with Crippen molar-refractivity contribution in [2.24, 2.45) is 5.92 Å². The predicted molar refractivity (Wildman–Crippen MR) is 115 cm³/mol. The van der Waals surface area contributed by atoms with Gasteiger partial charge in [0.25, 0.3) is 5.91 Å². The zero-order valence-corrected chi connectivity index (χ0v) is 17.9. The molecule has 164 valence electrons. The zero-order valence-electron chi connectivity index (χ0n) is 17.9. The lowest BCUT2D eigenvalue weighted by Crippen LogP contribution is -2.39. The molecule has 2 atom stereocenters. The molecule has 1 N–H and O–H groups in total. The maximum absolute atomic E-state index is 13.0. The van der Waals surface area contributed by atoms with Gasteiger partial charge >= 0.3 is 0 Å². The molecule has 9 heteroatoms. The fourth-order valence-electron chi connectivity index (χ4n) is 4.08. The SMILES string of the molecule is CC(C)NC(=O)[C@H]1CN(C(=O)c2cccnc2)C[C@@H]1c1ccnc(N2CCOCC2)n1. The number of amides is 2. The van der Waals surface area contributed by atoms with E-state index in [9.17, 15) is 9.59 Å². The minimum atomic E-state index is -0.379. The topological polar surface area (TPSA) is 101 Å². The molecular weight excluding hydrogens is 396 g/mol. The molecule has 0 radical (unpaired) electrons. The lowest BCUT2D eigenvalue weighted by atomic mass is 9.91. The summed E-state index contributed by atoms with van der Waals surface area (Å²) in [6.07, 6.45) is 4.92. The molecule has 0 saturated carbocycles. The van der Waals surface area contributed by atoms with E-state index in [-0.39, 0.29) is 29.7 Å². The fraction of sp³-hybridized carbons (Fsp3) is 0.500. The highest BCUT2D eigenvalue weighted by atomic mass is 16.5. The predicted octanol–water partition coefficient (Wildman–Crippen LogP) is 1.09. The van der Waals surface area contributed by atoms with E-state index in [1.165, 1.54) is 0 Å². The second-order valence-corrected chi connectivity index (χ2v) is 8.21. The van der Waals surface area contributed by atoms with E-state index in [1.807, 2.05) is 19.9 Å². The van der Waals surface area contributed by atoms with Crippen LogP contribution in [0.3, 0.4) is 0 Å². The van der Waals surface area contributed by atoms with Crippen molar-refractivity contribution < 1.29 is 14.3 Å². The number of likely N-dealkylation sites (tertiary alicyclic amines) is 1. The zero-order chi connectivity index (χ0) is 21.8. The van der Waals surface area contributed by atoms with Gasteiger partial charge in [0.05, 0.1) is 30.4 Å². The molecule has 31 heavy (non-hydrogen) atoms. The van der Waals surface area contributed by atoms with Crippen LogP contribution in [0.15, 0.2) is 36.8 Å². The lowest BCUT2D eigenvalue weighted by Gasteiger charge is -2.27. The average Bonchev–Trinajstić information content (AvgIpc) is 3.25. The van der Waals surface area contributed by atoms with Gasteiger partial charge in [-0.05, 0) is 32.0 Å². The Hall–Kier alpha value is -3.07. The molecular formula is C22H28N6O3. The monoisotopic (exact) mass is 424 g/mol. The molecule has 0 unspecified atom stereocenters. The summed E-state index contributed by atoms with van der Waals surface area (Å²) in [6, 6.07) is 5.35. The van der Waals surface area contributed by atoms with Gasteiger partial charge in [-0.3, -0.25) is 14.6 Å². The van der Waals surface area contributed by atoms with Gasteiger partial charge in [0.1, 0.15) is 0 Å². The van der Waals surface area contributed by atoms with E-state index in [0.29, 0.717) is 37.8 Å². The van der Waals surface area contributed by atoms with Crippen LogP contribution in [0.25, 0.3) is 0 Å². The molecule has 2 saturated heterocycles. The molecule has 2 aliphatic rings. The first-order valence-electron chi connectivity index (χ1n) is 10.7. The Morgan fingerprint density at radius 2 is 1.97 bits per heavy atom. The van der Waals surface area contributed by atoms with Crippen molar-refractivity contribution in [2.45, 2.75) is 25.8 Å². The van der Waals surface area contributed by atoms with Gasteiger partial charge in [-0.1, -0.05) is 0 Å². The molecule has 2 amide bonds. The van der Waals surface area contributed by atoms with Crippen molar-refractivity contribution in [3.63, 3.8) is 0 Å². The van der Waals surface area contributed by atoms with E-state index in [1.54, 1.807) is 35.6 Å². The number of pyridine rings is 1. The summed E-state index contributed by atoms with van der Waals surface area (Å²) < 4.78 is 5.42. The molecule has 0 aliphatic carbocycles. The first-order valence-corrected chi connectivity index (χ1v) is 10.7. The number of morpholine rings is 1. The third-order valence-corrected chi connectivity index (χ3v) is 5.62. The number of anilines is 1. The summed E-state index contributed by atoms with van der Waals surface area (Å²) in [4.78, 5) is 43.1. The Kier molecular flexibility index (Phi) is 6.41. The fourth-order valence-corrected chi connectivity index (χ4v) is 4.08. The van der Waals surface area contributed by atoms with Crippen LogP contribution in [0.2, 0.25) is 0 Å². The Morgan fingerprint density at radius 3 is 2.68 bits per heavy atom. The molecule has 4 heterocycles. The number of aromatic nitrogens is 3. The summed E-state index contributed by atoms with van der Waals surface area (Å²) in [5.41, 5.74) is 1.30. The smallest absolute Gasteiger partial charge is 0.255 e. The van der Waals surface area contributed by atoms with Gasteiger partial charge in [-0.25, -0.2) is 9.97 Å². The second-order valence-electron chi connectivity index (χ2n) is 8.21. The molecule has 2 aliphatic heterocycles. The summed E-state index contributed by atoms with van der Waals surface area (Å²) in [5.74, 6) is -0.132. The number of carbonyl (C=O) groups is 2. The summed E-state index contributed by atoms with van der Waals surface area (Å²) in [6.45, 7) is 7.38. The molecule has 2 aromatic heterocycles. The van der Waals surface area contributed by atoms with Crippen LogP contribution in [0.1, 0.15) is 35.8 Å². The van der Waals surface area contributed by atoms with Gasteiger partial charge in [0.2, 0.25) is 11.9 Å². The Balaban J connectivity index is 1.60. The molecule has 9 nitrogen and oxygen atoms in total. The minimum Gasteiger partial charge on any atom is -0.378 e. The molecule has 0 spiro atoms.